The SMILES string of the molecule is NC(CCNS(=O)(=O)c1cccc2ccccc12)Cc1ccccc1. The van der Waals surface area contributed by atoms with Gasteiger partial charge in [0.05, 0.1) is 4.90 Å². The van der Waals surface area contributed by atoms with E-state index in [1.54, 1.807) is 12.1 Å². The van der Waals surface area contributed by atoms with E-state index in [4.69, 9.17) is 5.73 Å². The summed E-state index contributed by atoms with van der Waals surface area (Å²) in [5.74, 6) is 0. The molecule has 5 heteroatoms. The zero-order valence-corrected chi connectivity index (χ0v) is 14.7. The van der Waals surface area contributed by atoms with Crippen LogP contribution in [0.3, 0.4) is 0 Å². The molecule has 3 rings (SSSR count). The van der Waals surface area contributed by atoms with Crippen molar-refractivity contribution >= 4 is 20.8 Å². The van der Waals surface area contributed by atoms with Gasteiger partial charge in [0, 0.05) is 18.0 Å². The fourth-order valence-electron chi connectivity index (χ4n) is 2.91. The summed E-state index contributed by atoms with van der Waals surface area (Å²) in [6.07, 6.45) is 1.32. The fourth-order valence-corrected chi connectivity index (χ4v) is 4.18. The van der Waals surface area contributed by atoms with Crippen molar-refractivity contribution in [3.63, 3.8) is 0 Å². The van der Waals surface area contributed by atoms with Gasteiger partial charge in [-0.3, -0.25) is 0 Å². The van der Waals surface area contributed by atoms with Gasteiger partial charge in [0.25, 0.3) is 0 Å². The van der Waals surface area contributed by atoms with Crippen molar-refractivity contribution < 1.29 is 8.42 Å². The van der Waals surface area contributed by atoms with E-state index in [1.165, 1.54) is 0 Å². The van der Waals surface area contributed by atoms with Crippen LogP contribution in [0.1, 0.15) is 12.0 Å². The lowest BCUT2D eigenvalue weighted by molar-refractivity contribution is 0.563. The highest BCUT2D eigenvalue weighted by Gasteiger charge is 2.17. The highest BCUT2D eigenvalue weighted by Crippen LogP contribution is 2.22. The van der Waals surface area contributed by atoms with Crippen LogP contribution in [0.25, 0.3) is 10.8 Å². The molecule has 0 aliphatic rings. The average molecular weight is 354 g/mol. The largest absolute Gasteiger partial charge is 0.327 e. The van der Waals surface area contributed by atoms with Crippen LogP contribution in [0.4, 0.5) is 0 Å². The molecule has 0 radical (unpaired) electrons. The molecule has 0 aromatic heterocycles. The molecule has 0 fully saturated rings. The van der Waals surface area contributed by atoms with Gasteiger partial charge in [-0.15, -0.1) is 0 Å². The maximum absolute atomic E-state index is 12.6. The first-order valence-electron chi connectivity index (χ1n) is 8.33. The molecule has 1 atom stereocenters. The third-order valence-corrected chi connectivity index (χ3v) is 5.71. The van der Waals surface area contributed by atoms with Gasteiger partial charge < -0.3 is 5.73 Å². The second-order valence-electron chi connectivity index (χ2n) is 6.11. The zero-order chi connectivity index (χ0) is 17.7. The molecule has 0 aliphatic heterocycles. The van der Waals surface area contributed by atoms with Gasteiger partial charge in [-0.25, -0.2) is 13.1 Å². The first-order valence-corrected chi connectivity index (χ1v) is 9.81. The molecule has 1 unspecified atom stereocenters. The monoisotopic (exact) mass is 354 g/mol. The first-order chi connectivity index (χ1) is 12.1. The van der Waals surface area contributed by atoms with Gasteiger partial charge in [-0.2, -0.15) is 0 Å². The minimum atomic E-state index is -3.56. The lowest BCUT2D eigenvalue weighted by atomic mass is 10.0. The van der Waals surface area contributed by atoms with Crippen LogP contribution in [0.2, 0.25) is 0 Å². The molecule has 3 aromatic rings. The van der Waals surface area contributed by atoms with E-state index in [1.807, 2.05) is 60.7 Å². The Morgan fingerprint density at radius 1 is 0.880 bits per heavy atom. The van der Waals surface area contributed by atoms with E-state index >= 15 is 0 Å². The van der Waals surface area contributed by atoms with Crippen LogP contribution in [0, 0.1) is 0 Å². The van der Waals surface area contributed by atoms with E-state index in [9.17, 15) is 8.42 Å². The van der Waals surface area contributed by atoms with E-state index in [-0.39, 0.29) is 6.04 Å². The summed E-state index contributed by atoms with van der Waals surface area (Å²) in [5, 5.41) is 1.64. The van der Waals surface area contributed by atoms with Gasteiger partial charge in [-0.05, 0) is 29.9 Å². The Balaban J connectivity index is 1.64. The molecule has 130 valence electrons. The molecule has 0 saturated heterocycles. The van der Waals surface area contributed by atoms with E-state index in [2.05, 4.69) is 4.72 Å². The van der Waals surface area contributed by atoms with Crippen molar-refractivity contribution in [3.05, 3.63) is 78.4 Å². The zero-order valence-electron chi connectivity index (χ0n) is 13.9. The number of hydrogen-bond donors (Lipinski definition) is 2. The lowest BCUT2D eigenvalue weighted by Gasteiger charge is -2.13. The smallest absolute Gasteiger partial charge is 0.241 e. The van der Waals surface area contributed by atoms with Crippen molar-refractivity contribution in [2.45, 2.75) is 23.8 Å². The maximum Gasteiger partial charge on any atom is 0.241 e. The van der Waals surface area contributed by atoms with E-state index in [0.717, 1.165) is 22.8 Å². The molecular formula is C20H22N2O2S. The Bertz CT molecular complexity index is 935. The highest BCUT2D eigenvalue weighted by molar-refractivity contribution is 7.89. The Hall–Kier alpha value is -2.21. The minimum absolute atomic E-state index is 0.0855. The van der Waals surface area contributed by atoms with Gasteiger partial charge >= 0.3 is 0 Å². The van der Waals surface area contributed by atoms with E-state index in [0.29, 0.717) is 17.9 Å². The van der Waals surface area contributed by atoms with Crippen molar-refractivity contribution in [1.82, 2.24) is 4.72 Å². The summed E-state index contributed by atoms with van der Waals surface area (Å²) in [6, 6.07) is 22.7. The standard InChI is InChI=1S/C20H22N2O2S/c21-18(15-16-7-2-1-3-8-16)13-14-22-25(23,24)20-12-6-10-17-9-4-5-11-19(17)20/h1-12,18,22H,13-15,21H2. The molecular weight excluding hydrogens is 332 g/mol. The fraction of sp³-hybridized carbons (Fsp3) is 0.200. The second-order valence-corrected chi connectivity index (χ2v) is 7.85. The lowest BCUT2D eigenvalue weighted by Crippen LogP contribution is -2.31. The quantitative estimate of drug-likeness (QED) is 0.685. The molecule has 3 N–H and O–H groups in total. The molecule has 3 aromatic carbocycles. The van der Waals surface area contributed by atoms with Crippen LogP contribution in [0.5, 0.6) is 0 Å². The predicted octanol–water partition coefficient (Wildman–Crippen LogP) is 3.08. The van der Waals surface area contributed by atoms with Crippen molar-refractivity contribution in [1.29, 1.82) is 0 Å². The van der Waals surface area contributed by atoms with Gasteiger partial charge in [0.15, 0.2) is 0 Å². The Kier molecular flexibility index (Phi) is 5.48. The van der Waals surface area contributed by atoms with Gasteiger partial charge in [-0.1, -0.05) is 66.7 Å². The predicted molar refractivity (Wildman–Crippen MR) is 102 cm³/mol. The number of fused-ring (bicyclic) bond motifs is 1. The van der Waals surface area contributed by atoms with Crippen molar-refractivity contribution in [2.75, 3.05) is 6.54 Å². The highest BCUT2D eigenvalue weighted by atomic mass is 32.2. The molecule has 0 heterocycles. The second kappa shape index (κ2) is 7.78. The molecule has 0 spiro atoms. The first kappa shape index (κ1) is 17.6. The summed E-state index contributed by atoms with van der Waals surface area (Å²) < 4.78 is 27.9. The third-order valence-electron chi connectivity index (χ3n) is 4.19. The van der Waals surface area contributed by atoms with Gasteiger partial charge in [0.1, 0.15) is 0 Å². The number of nitrogens with one attached hydrogen (secondary N) is 1. The third kappa shape index (κ3) is 4.45. The minimum Gasteiger partial charge on any atom is -0.327 e. The molecule has 0 bridgehead atoms. The normalized spacial score (nSPS) is 13.0. The van der Waals surface area contributed by atoms with Crippen LogP contribution in [-0.2, 0) is 16.4 Å². The summed E-state index contributed by atoms with van der Waals surface area (Å²) in [6.45, 7) is 0.319. The number of sulfonamides is 1. The summed E-state index contributed by atoms with van der Waals surface area (Å²) in [5.41, 5.74) is 7.29. The molecule has 0 saturated carbocycles. The molecule has 4 nitrogen and oxygen atoms in total. The summed E-state index contributed by atoms with van der Waals surface area (Å²) >= 11 is 0. The van der Waals surface area contributed by atoms with Gasteiger partial charge in [0.2, 0.25) is 10.0 Å². The number of benzene rings is 3. The average Bonchev–Trinajstić information content (AvgIpc) is 2.62. The van der Waals surface area contributed by atoms with Crippen LogP contribution in [-0.4, -0.2) is 21.0 Å². The maximum atomic E-state index is 12.6. The molecule has 0 aliphatic carbocycles. The number of nitrogens with two attached hydrogens (primary N) is 1. The number of hydrogen-bond acceptors (Lipinski definition) is 3. The van der Waals surface area contributed by atoms with Crippen LogP contribution in [0.15, 0.2) is 77.7 Å². The molecule has 0 amide bonds. The van der Waals surface area contributed by atoms with Crippen molar-refractivity contribution in [2.24, 2.45) is 5.73 Å². The van der Waals surface area contributed by atoms with Crippen molar-refractivity contribution in [3.8, 4) is 0 Å². The topological polar surface area (TPSA) is 72.2 Å². The van der Waals surface area contributed by atoms with Crippen LogP contribution < -0.4 is 10.5 Å². The number of rotatable bonds is 7. The summed E-state index contributed by atoms with van der Waals surface area (Å²) in [4.78, 5) is 0.308. The Labute approximate surface area is 148 Å². The van der Waals surface area contributed by atoms with E-state index < -0.39 is 10.0 Å². The van der Waals surface area contributed by atoms with Crippen LogP contribution >= 0.6 is 0 Å². The molecule has 25 heavy (non-hydrogen) atoms. The Morgan fingerprint density at radius 2 is 1.56 bits per heavy atom. The summed E-state index contributed by atoms with van der Waals surface area (Å²) in [7, 11) is -3.56. The Morgan fingerprint density at radius 3 is 2.36 bits per heavy atom.